The van der Waals surface area contributed by atoms with Gasteiger partial charge in [0.15, 0.2) is 11.5 Å². The Balaban J connectivity index is 3.12. The predicted molar refractivity (Wildman–Crippen MR) is 59.0 cm³/mol. The van der Waals surface area contributed by atoms with Crippen LogP contribution in [0.25, 0.3) is 0 Å². The number of hydrogen-bond acceptors (Lipinski definition) is 4. The molecule has 0 atom stereocenters. The number of methoxy groups -OCH3 is 1. The van der Waals surface area contributed by atoms with Crippen molar-refractivity contribution in [1.82, 2.24) is 0 Å². The van der Waals surface area contributed by atoms with Gasteiger partial charge in [-0.25, -0.2) is 4.79 Å². The fraction of sp³-hybridized carbons (Fsp3) is 0.364. The lowest BCUT2D eigenvalue weighted by Crippen LogP contribution is -2.03. The second-order valence-electron chi connectivity index (χ2n) is 3.39. The highest BCUT2D eigenvalue weighted by atomic mass is 16.5. The van der Waals surface area contributed by atoms with Crippen LogP contribution in [0, 0.1) is 0 Å². The fourth-order valence-electron chi connectivity index (χ4n) is 1.43. The second kappa shape index (κ2) is 5.37. The number of carboxylic acids is 1. The molecule has 4 N–H and O–H groups in total. The molecule has 1 aromatic rings. The maximum Gasteiger partial charge on any atom is 0.339 e. The lowest BCUT2D eigenvalue weighted by atomic mass is 10.0. The molecule has 0 bridgehead atoms. The van der Waals surface area contributed by atoms with E-state index in [1.807, 2.05) is 0 Å². The van der Waals surface area contributed by atoms with E-state index in [2.05, 4.69) is 0 Å². The summed E-state index contributed by atoms with van der Waals surface area (Å²) in [5.74, 6) is -1.34. The van der Waals surface area contributed by atoms with E-state index < -0.39 is 5.97 Å². The van der Waals surface area contributed by atoms with Crippen molar-refractivity contribution >= 4 is 5.97 Å². The molecule has 5 heteroatoms. The molecule has 1 rings (SSSR count). The van der Waals surface area contributed by atoms with Gasteiger partial charge in [-0.2, -0.15) is 0 Å². The molecule has 0 spiro atoms. The Kier molecular flexibility index (Phi) is 4.13. The number of ether oxygens (including phenoxy) is 1. The van der Waals surface area contributed by atoms with E-state index in [1.54, 1.807) is 6.07 Å². The predicted octanol–water partition coefficient (Wildman–Crippen LogP) is 0.990. The minimum absolute atomic E-state index is 0.147. The standard InChI is InChI=1S/C11H15NO4/c1-16-9-6-7(3-2-4-12)5-8(10(9)13)11(14)15/h5-6,13H,2-4,12H2,1H3,(H,14,15). The van der Waals surface area contributed by atoms with Gasteiger partial charge in [0.1, 0.15) is 5.56 Å². The average Bonchev–Trinajstić information content (AvgIpc) is 2.27. The molecule has 0 saturated carbocycles. The minimum atomic E-state index is -1.18. The van der Waals surface area contributed by atoms with Gasteiger partial charge in [0.2, 0.25) is 0 Å². The summed E-state index contributed by atoms with van der Waals surface area (Å²) >= 11 is 0. The van der Waals surface area contributed by atoms with E-state index in [4.69, 9.17) is 15.6 Å². The van der Waals surface area contributed by atoms with Gasteiger partial charge >= 0.3 is 5.97 Å². The molecule has 0 radical (unpaired) electrons. The number of rotatable bonds is 5. The fourth-order valence-corrected chi connectivity index (χ4v) is 1.43. The van der Waals surface area contributed by atoms with E-state index in [9.17, 15) is 9.90 Å². The SMILES string of the molecule is COc1cc(CCCN)cc(C(=O)O)c1O. The summed E-state index contributed by atoms with van der Waals surface area (Å²) in [4.78, 5) is 10.9. The highest BCUT2D eigenvalue weighted by Gasteiger charge is 2.15. The summed E-state index contributed by atoms with van der Waals surface area (Å²) in [7, 11) is 1.38. The largest absolute Gasteiger partial charge is 0.504 e. The number of carboxylic acid groups (broad SMARTS) is 1. The van der Waals surface area contributed by atoms with Crippen LogP contribution in [0.15, 0.2) is 12.1 Å². The number of phenols is 1. The van der Waals surface area contributed by atoms with Crippen LogP contribution in [0.2, 0.25) is 0 Å². The van der Waals surface area contributed by atoms with Gasteiger partial charge in [-0.1, -0.05) is 0 Å². The van der Waals surface area contributed by atoms with Crippen LogP contribution in [-0.2, 0) is 6.42 Å². The van der Waals surface area contributed by atoms with Gasteiger partial charge in [-0.3, -0.25) is 0 Å². The number of aromatic hydroxyl groups is 1. The summed E-state index contributed by atoms with van der Waals surface area (Å²) in [5.41, 5.74) is 6.02. The van der Waals surface area contributed by atoms with Gasteiger partial charge < -0.3 is 20.7 Å². The molecule has 0 heterocycles. The van der Waals surface area contributed by atoms with Crippen LogP contribution in [0.5, 0.6) is 11.5 Å². The van der Waals surface area contributed by atoms with Gasteiger partial charge in [0, 0.05) is 0 Å². The third kappa shape index (κ3) is 2.64. The third-order valence-corrected chi connectivity index (χ3v) is 2.25. The molecule has 0 unspecified atom stereocenters. The zero-order chi connectivity index (χ0) is 12.1. The smallest absolute Gasteiger partial charge is 0.339 e. The molecular formula is C11H15NO4. The molecule has 0 aromatic heterocycles. The Labute approximate surface area is 93.5 Å². The maximum absolute atomic E-state index is 10.9. The molecule has 0 aliphatic carbocycles. The molecule has 5 nitrogen and oxygen atoms in total. The first-order valence-electron chi connectivity index (χ1n) is 4.93. The van der Waals surface area contributed by atoms with Crippen molar-refractivity contribution in [2.24, 2.45) is 5.73 Å². The van der Waals surface area contributed by atoms with Crippen molar-refractivity contribution in [2.45, 2.75) is 12.8 Å². The van der Waals surface area contributed by atoms with Crippen LogP contribution in [0.1, 0.15) is 22.3 Å². The Bertz CT molecular complexity index is 390. The minimum Gasteiger partial charge on any atom is -0.504 e. The first kappa shape index (κ1) is 12.3. The molecule has 16 heavy (non-hydrogen) atoms. The molecule has 88 valence electrons. The molecule has 0 aliphatic heterocycles. The number of aryl methyl sites for hydroxylation is 1. The number of carbonyl (C=O) groups is 1. The Hall–Kier alpha value is -1.75. The van der Waals surface area contributed by atoms with Crippen LogP contribution < -0.4 is 10.5 Å². The lowest BCUT2D eigenvalue weighted by molar-refractivity contribution is 0.0693. The zero-order valence-corrected chi connectivity index (χ0v) is 9.06. The second-order valence-corrected chi connectivity index (χ2v) is 3.39. The summed E-state index contributed by atoms with van der Waals surface area (Å²) in [6, 6.07) is 3.06. The Morgan fingerprint density at radius 1 is 1.50 bits per heavy atom. The van der Waals surface area contributed by atoms with Crippen LogP contribution in [0.3, 0.4) is 0 Å². The van der Waals surface area contributed by atoms with Crippen LogP contribution in [-0.4, -0.2) is 29.8 Å². The van der Waals surface area contributed by atoms with E-state index in [0.29, 0.717) is 13.0 Å². The van der Waals surface area contributed by atoms with Crippen molar-refractivity contribution in [3.63, 3.8) is 0 Å². The van der Waals surface area contributed by atoms with Crippen molar-refractivity contribution in [3.8, 4) is 11.5 Å². The van der Waals surface area contributed by atoms with Crippen LogP contribution >= 0.6 is 0 Å². The quantitative estimate of drug-likeness (QED) is 0.694. The van der Waals surface area contributed by atoms with Gasteiger partial charge in [0.05, 0.1) is 7.11 Å². The van der Waals surface area contributed by atoms with Crippen molar-refractivity contribution in [3.05, 3.63) is 23.3 Å². The monoisotopic (exact) mass is 225 g/mol. The Morgan fingerprint density at radius 2 is 2.19 bits per heavy atom. The number of hydrogen-bond donors (Lipinski definition) is 3. The van der Waals surface area contributed by atoms with E-state index in [-0.39, 0.29) is 17.1 Å². The average molecular weight is 225 g/mol. The maximum atomic E-state index is 10.9. The lowest BCUT2D eigenvalue weighted by Gasteiger charge is -2.09. The van der Waals surface area contributed by atoms with E-state index in [0.717, 1.165) is 12.0 Å². The molecule has 0 aliphatic rings. The van der Waals surface area contributed by atoms with Crippen LogP contribution in [0.4, 0.5) is 0 Å². The first-order chi connectivity index (χ1) is 7.60. The highest BCUT2D eigenvalue weighted by Crippen LogP contribution is 2.31. The van der Waals surface area contributed by atoms with Gasteiger partial charge in [-0.15, -0.1) is 0 Å². The van der Waals surface area contributed by atoms with Crippen molar-refractivity contribution < 1.29 is 19.7 Å². The highest BCUT2D eigenvalue weighted by molar-refractivity contribution is 5.92. The van der Waals surface area contributed by atoms with Gasteiger partial charge in [0.25, 0.3) is 0 Å². The number of benzene rings is 1. The topological polar surface area (TPSA) is 92.8 Å². The summed E-state index contributed by atoms with van der Waals surface area (Å²) in [6.45, 7) is 0.533. The number of nitrogens with two attached hydrogens (primary N) is 1. The van der Waals surface area contributed by atoms with Crippen molar-refractivity contribution in [1.29, 1.82) is 0 Å². The summed E-state index contributed by atoms with van der Waals surface area (Å²) in [6.07, 6.45) is 1.42. The van der Waals surface area contributed by atoms with E-state index >= 15 is 0 Å². The number of aromatic carboxylic acids is 1. The summed E-state index contributed by atoms with van der Waals surface area (Å²) < 4.78 is 4.91. The van der Waals surface area contributed by atoms with Gasteiger partial charge in [-0.05, 0) is 37.1 Å². The normalized spacial score (nSPS) is 10.1. The van der Waals surface area contributed by atoms with E-state index in [1.165, 1.54) is 13.2 Å². The summed E-state index contributed by atoms with van der Waals surface area (Å²) in [5, 5.41) is 18.5. The zero-order valence-electron chi connectivity index (χ0n) is 9.06. The molecular weight excluding hydrogens is 210 g/mol. The molecule has 0 amide bonds. The molecule has 0 fully saturated rings. The first-order valence-corrected chi connectivity index (χ1v) is 4.93. The molecule has 1 aromatic carbocycles. The third-order valence-electron chi connectivity index (χ3n) is 2.25. The Morgan fingerprint density at radius 3 is 2.69 bits per heavy atom. The van der Waals surface area contributed by atoms with Crippen molar-refractivity contribution in [2.75, 3.05) is 13.7 Å². The molecule has 0 saturated heterocycles.